The maximum atomic E-state index is 12.6. The van der Waals surface area contributed by atoms with Crippen molar-refractivity contribution in [1.29, 1.82) is 0 Å². The van der Waals surface area contributed by atoms with E-state index in [0.29, 0.717) is 30.0 Å². The third kappa shape index (κ3) is 4.42. The first-order chi connectivity index (χ1) is 11.5. The van der Waals surface area contributed by atoms with Gasteiger partial charge in [0.05, 0.1) is 17.2 Å². The molecule has 1 aromatic rings. The van der Waals surface area contributed by atoms with Gasteiger partial charge in [-0.25, -0.2) is 8.42 Å². The minimum atomic E-state index is -3.53. The van der Waals surface area contributed by atoms with E-state index < -0.39 is 14.6 Å². The summed E-state index contributed by atoms with van der Waals surface area (Å²) in [7, 11) is -3.53. The van der Waals surface area contributed by atoms with Crippen molar-refractivity contribution in [2.75, 3.05) is 5.75 Å². The summed E-state index contributed by atoms with van der Waals surface area (Å²) >= 11 is 0. The van der Waals surface area contributed by atoms with Gasteiger partial charge in [0.25, 0.3) is 0 Å². The lowest BCUT2D eigenvalue weighted by Crippen LogP contribution is -2.43. The highest BCUT2D eigenvalue weighted by molar-refractivity contribution is 7.93. The molecule has 138 valence electrons. The normalized spacial score (nSPS) is 15.4. The standard InChI is InChI=1S/C17H25N3O4S/c1-11(2)6-7-25(22,23)17(4,5)16(21)10-13-9-14(19-18-13)15-8-12(3)20-24-15/h8,11H,6-7,9-10H2,1-5H3. The molecule has 1 aliphatic rings. The summed E-state index contributed by atoms with van der Waals surface area (Å²) in [6.45, 7) is 8.67. The smallest absolute Gasteiger partial charge is 0.183 e. The molecule has 0 amide bonds. The lowest BCUT2D eigenvalue weighted by molar-refractivity contribution is -0.119. The van der Waals surface area contributed by atoms with Crippen molar-refractivity contribution in [1.82, 2.24) is 5.16 Å². The zero-order valence-electron chi connectivity index (χ0n) is 15.4. The molecular formula is C17H25N3O4S. The summed E-state index contributed by atoms with van der Waals surface area (Å²) in [5.41, 5.74) is 1.88. The molecule has 0 saturated heterocycles. The molecule has 25 heavy (non-hydrogen) atoms. The van der Waals surface area contributed by atoms with Crippen LogP contribution in [0.25, 0.3) is 0 Å². The van der Waals surface area contributed by atoms with E-state index in [-0.39, 0.29) is 23.9 Å². The van der Waals surface area contributed by atoms with Crippen LogP contribution in [0.5, 0.6) is 0 Å². The molecule has 1 aliphatic heterocycles. The van der Waals surface area contributed by atoms with Crippen molar-refractivity contribution >= 4 is 27.0 Å². The Labute approximate surface area is 148 Å². The van der Waals surface area contributed by atoms with Gasteiger partial charge in [0.2, 0.25) is 0 Å². The molecule has 2 heterocycles. The summed E-state index contributed by atoms with van der Waals surface area (Å²) in [5.74, 6) is 0.434. The van der Waals surface area contributed by atoms with Crippen LogP contribution in [0.15, 0.2) is 20.8 Å². The van der Waals surface area contributed by atoms with Crippen molar-refractivity contribution in [2.45, 2.75) is 58.6 Å². The van der Waals surface area contributed by atoms with Crippen LogP contribution in [-0.2, 0) is 14.6 Å². The van der Waals surface area contributed by atoms with Crippen LogP contribution >= 0.6 is 0 Å². The minimum absolute atomic E-state index is 0.00890. The summed E-state index contributed by atoms with van der Waals surface area (Å²) < 4.78 is 28.8. The molecule has 0 N–H and O–H groups in total. The summed E-state index contributed by atoms with van der Waals surface area (Å²) in [5, 5.41) is 11.8. The number of carbonyl (C=O) groups excluding carboxylic acids is 1. The average molecular weight is 367 g/mol. The molecule has 0 radical (unpaired) electrons. The number of hydrogen-bond acceptors (Lipinski definition) is 7. The van der Waals surface area contributed by atoms with Gasteiger partial charge in [-0.1, -0.05) is 19.0 Å². The van der Waals surface area contributed by atoms with Gasteiger partial charge in [0.1, 0.15) is 10.5 Å². The second kappa shape index (κ2) is 7.19. The topological polar surface area (TPSA) is 102 Å². The van der Waals surface area contributed by atoms with Gasteiger partial charge in [-0.05, 0) is 33.1 Å². The zero-order valence-corrected chi connectivity index (χ0v) is 16.2. The van der Waals surface area contributed by atoms with Crippen molar-refractivity contribution in [3.8, 4) is 0 Å². The number of sulfone groups is 1. The Morgan fingerprint density at radius 3 is 2.56 bits per heavy atom. The number of ketones is 1. The van der Waals surface area contributed by atoms with Crippen molar-refractivity contribution in [2.24, 2.45) is 16.1 Å². The van der Waals surface area contributed by atoms with Crippen LogP contribution in [0.4, 0.5) is 0 Å². The van der Waals surface area contributed by atoms with Crippen LogP contribution < -0.4 is 0 Å². The Kier molecular flexibility index (Phi) is 5.61. The third-order valence-corrected chi connectivity index (χ3v) is 6.93. The lowest BCUT2D eigenvalue weighted by Gasteiger charge is -2.23. The Morgan fingerprint density at radius 1 is 1.32 bits per heavy atom. The molecule has 1 aromatic heterocycles. The van der Waals surface area contributed by atoms with E-state index >= 15 is 0 Å². The second-order valence-corrected chi connectivity index (χ2v) is 9.99. The summed E-state index contributed by atoms with van der Waals surface area (Å²) in [6, 6.07) is 1.75. The lowest BCUT2D eigenvalue weighted by atomic mass is 10.00. The monoisotopic (exact) mass is 367 g/mol. The minimum Gasteiger partial charge on any atom is -0.355 e. The number of rotatable bonds is 8. The van der Waals surface area contributed by atoms with E-state index in [1.54, 1.807) is 13.0 Å². The number of Topliss-reactive ketones (excluding diaryl/α,β-unsaturated/α-hetero) is 1. The molecule has 0 unspecified atom stereocenters. The van der Waals surface area contributed by atoms with Gasteiger partial charge in [-0.2, -0.15) is 10.2 Å². The molecule has 0 bridgehead atoms. The number of nitrogens with zero attached hydrogens (tertiary/aromatic N) is 3. The third-order valence-electron chi connectivity index (χ3n) is 4.37. The number of aromatic nitrogens is 1. The highest BCUT2D eigenvalue weighted by atomic mass is 32.2. The van der Waals surface area contributed by atoms with Gasteiger partial charge in [-0.3, -0.25) is 4.79 Å². The predicted octanol–water partition coefficient (Wildman–Crippen LogP) is 2.73. The molecule has 0 aromatic carbocycles. The molecule has 0 saturated carbocycles. The number of aryl methyl sites for hydroxylation is 1. The molecule has 8 heteroatoms. The van der Waals surface area contributed by atoms with E-state index in [2.05, 4.69) is 15.4 Å². The largest absolute Gasteiger partial charge is 0.355 e. The zero-order chi connectivity index (χ0) is 18.8. The fourth-order valence-corrected chi connectivity index (χ4v) is 4.06. The Bertz CT molecular complexity index is 817. The second-order valence-electron chi connectivity index (χ2n) is 7.33. The molecule has 0 aliphatic carbocycles. The highest BCUT2D eigenvalue weighted by Gasteiger charge is 2.41. The fourth-order valence-electron chi connectivity index (χ4n) is 2.35. The maximum Gasteiger partial charge on any atom is 0.183 e. The molecule has 7 nitrogen and oxygen atoms in total. The van der Waals surface area contributed by atoms with Crippen molar-refractivity contribution < 1.29 is 17.7 Å². The SMILES string of the molecule is Cc1cc(C2=NN=C(CC(=O)C(C)(C)S(=O)(=O)CCC(C)C)C2)on1. The average Bonchev–Trinajstić information content (AvgIpc) is 3.14. The molecule has 2 rings (SSSR count). The predicted molar refractivity (Wildman–Crippen MR) is 96.8 cm³/mol. The van der Waals surface area contributed by atoms with Gasteiger partial charge in [-0.15, -0.1) is 0 Å². The first-order valence-corrected chi connectivity index (χ1v) is 9.99. The van der Waals surface area contributed by atoms with Crippen LogP contribution in [0.2, 0.25) is 0 Å². The van der Waals surface area contributed by atoms with Gasteiger partial charge in [0.15, 0.2) is 21.4 Å². The van der Waals surface area contributed by atoms with E-state index in [0.717, 1.165) is 5.69 Å². The van der Waals surface area contributed by atoms with Crippen molar-refractivity contribution in [3.63, 3.8) is 0 Å². The molecule has 0 fully saturated rings. The molecular weight excluding hydrogens is 342 g/mol. The quantitative estimate of drug-likeness (QED) is 0.703. The maximum absolute atomic E-state index is 12.6. The summed E-state index contributed by atoms with van der Waals surface area (Å²) in [6.07, 6.45) is 0.870. The van der Waals surface area contributed by atoms with Crippen LogP contribution in [0.3, 0.4) is 0 Å². The van der Waals surface area contributed by atoms with Crippen LogP contribution in [0, 0.1) is 12.8 Å². The van der Waals surface area contributed by atoms with E-state index in [1.165, 1.54) is 13.8 Å². The number of hydrogen-bond donors (Lipinski definition) is 0. The van der Waals surface area contributed by atoms with Gasteiger partial charge in [0, 0.05) is 18.9 Å². The van der Waals surface area contributed by atoms with E-state index in [9.17, 15) is 13.2 Å². The Balaban J connectivity index is 2.00. The molecule has 0 spiro atoms. The first-order valence-electron chi connectivity index (χ1n) is 8.34. The van der Waals surface area contributed by atoms with Gasteiger partial charge < -0.3 is 4.52 Å². The summed E-state index contributed by atoms with van der Waals surface area (Å²) in [4.78, 5) is 12.6. The van der Waals surface area contributed by atoms with Crippen LogP contribution in [0.1, 0.15) is 58.4 Å². The van der Waals surface area contributed by atoms with E-state index in [4.69, 9.17) is 4.52 Å². The van der Waals surface area contributed by atoms with Gasteiger partial charge >= 0.3 is 0 Å². The van der Waals surface area contributed by atoms with Crippen molar-refractivity contribution in [3.05, 3.63) is 17.5 Å². The fraction of sp³-hybridized carbons (Fsp3) is 0.647. The van der Waals surface area contributed by atoms with E-state index in [1.807, 2.05) is 13.8 Å². The molecule has 0 atom stereocenters. The first kappa shape index (κ1) is 19.5. The Hall–Kier alpha value is -1.83. The number of carbonyl (C=O) groups is 1. The Morgan fingerprint density at radius 2 is 2.00 bits per heavy atom. The van der Waals surface area contributed by atoms with Crippen LogP contribution in [-0.4, -0.2) is 41.3 Å². The highest BCUT2D eigenvalue weighted by Crippen LogP contribution is 2.24.